The second kappa shape index (κ2) is 11.5. The first-order valence-electron chi connectivity index (χ1n) is 11.3. The lowest BCUT2D eigenvalue weighted by molar-refractivity contribution is -0.120. The lowest BCUT2D eigenvalue weighted by atomic mass is 9.88. The maximum atomic E-state index is 13.2. The van der Waals surface area contributed by atoms with Crippen molar-refractivity contribution >= 4 is 50.9 Å². The van der Waals surface area contributed by atoms with Crippen LogP contribution in [0.4, 0.5) is 11.4 Å². The highest BCUT2D eigenvalue weighted by molar-refractivity contribution is 9.10. The molecule has 1 aliphatic carbocycles. The minimum Gasteiger partial charge on any atom is -0.326 e. The average molecular weight is 523 g/mol. The van der Waals surface area contributed by atoms with Gasteiger partial charge >= 0.3 is 0 Å². The minimum absolute atomic E-state index is 0.0900. The van der Waals surface area contributed by atoms with Crippen LogP contribution in [0.25, 0.3) is 0 Å². The maximum Gasteiger partial charge on any atom is 0.242 e. The van der Waals surface area contributed by atoms with Gasteiger partial charge in [0.25, 0.3) is 0 Å². The number of para-hydroxylation sites is 1. The van der Waals surface area contributed by atoms with Crippen molar-refractivity contribution in [2.24, 2.45) is 5.92 Å². The van der Waals surface area contributed by atoms with Gasteiger partial charge in [0.2, 0.25) is 11.8 Å². The zero-order valence-electron chi connectivity index (χ0n) is 18.3. The number of amides is 2. The number of hydrogen-bond acceptors (Lipinski definition) is 3. The van der Waals surface area contributed by atoms with E-state index in [2.05, 4.69) is 26.6 Å². The fourth-order valence-electron chi connectivity index (χ4n) is 4.02. The summed E-state index contributed by atoms with van der Waals surface area (Å²) in [4.78, 5) is 26.7. The number of anilines is 2. The lowest BCUT2D eigenvalue weighted by Crippen LogP contribution is -2.24. The fraction of sp³-hybridized carbons (Fsp3) is 0.259. The Hall–Kier alpha value is -2.57. The second-order valence-corrected chi connectivity index (χ2v) is 10.3. The first kappa shape index (κ1) is 23.6. The second-order valence-electron chi connectivity index (χ2n) is 8.23. The van der Waals surface area contributed by atoms with Crippen LogP contribution in [0.3, 0.4) is 0 Å². The average Bonchev–Trinajstić information content (AvgIpc) is 2.86. The monoisotopic (exact) mass is 522 g/mol. The predicted octanol–water partition coefficient (Wildman–Crippen LogP) is 7.44. The van der Waals surface area contributed by atoms with Crippen LogP contribution in [0.5, 0.6) is 0 Å². The van der Waals surface area contributed by atoms with E-state index in [9.17, 15) is 9.59 Å². The number of rotatable bonds is 7. The Bertz CT molecular complexity index is 1080. The van der Waals surface area contributed by atoms with Gasteiger partial charge in [-0.1, -0.05) is 61.7 Å². The van der Waals surface area contributed by atoms with Crippen LogP contribution in [0.2, 0.25) is 0 Å². The molecule has 2 N–H and O–H groups in total. The van der Waals surface area contributed by atoms with Crippen LogP contribution in [-0.4, -0.2) is 11.8 Å². The molecule has 0 aromatic heterocycles. The number of thioether (sulfide) groups is 1. The first-order valence-corrected chi connectivity index (χ1v) is 13.0. The lowest BCUT2D eigenvalue weighted by Gasteiger charge is -2.21. The molecule has 0 bridgehead atoms. The van der Waals surface area contributed by atoms with Crippen LogP contribution in [0.15, 0.2) is 88.2 Å². The van der Waals surface area contributed by atoms with Gasteiger partial charge in [0.1, 0.15) is 5.25 Å². The highest BCUT2D eigenvalue weighted by atomic mass is 79.9. The molecule has 170 valence electrons. The Morgan fingerprint density at radius 1 is 0.818 bits per heavy atom. The van der Waals surface area contributed by atoms with Crippen LogP contribution in [0, 0.1) is 5.92 Å². The molecule has 1 atom stereocenters. The number of nitrogens with one attached hydrogen (secondary N) is 2. The van der Waals surface area contributed by atoms with E-state index in [4.69, 9.17) is 0 Å². The fourth-order valence-corrected chi connectivity index (χ4v) is 5.43. The molecule has 3 aromatic carbocycles. The molecule has 0 radical (unpaired) electrons. The summed E-state index contributed by atoms with van der Waals surface area (Å²) >= 11 is 4.99. The quantitative estimate of drug-likeness (QED) is 0.317. The summed E-state index contributed by atoms with van der Waals surface area (Å²) in [6.07, 6.45) is 5.45. The molecule has 0 heterocycles. The van der Waals surface area contributed by atoms with Gasteiger partial charge in [0.05, 0.1) is 5.69 Å². The van der Waals surface area contributed by atoms with Crippen molar-refractivity contribution in [1.82, 2.24) is 0 Å². The minimum atomic E-state index is -0.416. The molecule has 2 amide bonds. The maximum absolute atomic E-state index is 13.2. The zero-order valence-corrected chi connectivity index (χ0v) is 20.7. The summed E-state index contributed by atoms with van der Waals surface area (Å²) in [6, 6.07) is 25.1. The molecule has 0 saturated heterocycles. The predicted molar refractivity (Wildman–Crippen MR) is 139 cm³/mol. The van der Waals surface area contributed by atoms with Gasteiger partial charge in [0.15, 0.2) is 0 Å². The van der Waals surface area contributed by atoms with E-state index in [-0.39, 0.29) is 17.7 Å². The summed E-state index contributed by atoms with van der Waals surface area (Å²) in [7, 11) is 0. The molecule has 33 heavy (non-hydrogen) atoms. The molecular formula is C27H27BrN2O2S. The van der Waals surface area contributed by atoms with Crippen LogP contribution < -0.4 is 10.6 Å². The van der Waals surface area contributed by atoms with E-state index < -0.39 is 5.25 Å². The SMILES string of the molecule is O=C(Nc1ccc(SC(C(=O)Nc2ccccc2Br)c2ccccc2)cc1)C1CCCCC1. The van der Waals surface area contributed by atoms with E-state index in [0.29, 0.717) is 0 Å². The molecule has 1 aliphatic rings. The smallest absolute Gasteiger partial charge is 0.242 e. The zero-order chi connectivity index (χ0) is 23.0. The van der Waals surface area contributed by atoms with E-state index >= 15 is 0 Å². The summed E-state index contributed by atoms with van der Waals surface area (Å²) in [6.45, 7) is 0. The van der Waals surface area contributed by atoms with Crippen LogP contribution >= 0.6 is 27.7 Å². The van der Waals surface area contributed by atoms with Crippen LogP contribution in [-0.2, 0) is 9.59 Å². The van der Waals surface area contributed by atoms with Crippen molar-refractivity contribution < 1.29 is 9.59 Å². The summed E-state index contributed by atoms with van der Waals surface area (Å²) in [5, 5.41) is 5.68. The number of carbonyl (C=O) groups is 2. The van der Waals surface area contributed by atoms with Gasteiger partial charge in [0, 0.05) is 21.0 Å². The summed E-state index contributed by atoms with van der Waals surface area (Å²) in [5.74, 6) is 0.147. The topological polar surface area (TPSA) is 58.2 Å². The number of benzene rings is 3. The molecule has 1 fully saturated rings. The highest BCUT2D eigenvalue weighted by Crippen LogP contribution is 2.37. The molecule has 4 nitrogen and oxygen atoms in total. The molecular weight excluding hydrogens is 496 g/mol. The number of hydrogen-bond donors (Lipinski definition) is 2. The van der Waals surface area contributed by atoms with Gasteiger partial charge in [-0.2, -0.15) is 0 Å². The highest BCUT2D eigenvalue weighted by Gasteiger charge is 2.23. The molecule has 4 rings (SSSR count). The molecule has 1 saturated carbocycles. The van der Waals surface area contributed by atoms with Crippen molar-refractivity contribution in [2.45, 2.75) is 42.2 Å². The van der Waals surface area contributed by atoms with E-state index in [1.165, 1.54) is 18.2 Å². The van der Waals surface area contributed by atoms with Gasteiger partial charge < -0.3 is 10.6 Å². The van der Waals surface area contributed by atoms with Crippen molar-refractivity contribution in [3.05, 3.63) is 88.9 Å². The summed E-state index contributed by atoms with van der Waals surface area (Å²) in [5.41, 5.74) is 2.47. The molecule has 1 unspecified atom stereocenters. The number of carbonyl (C=O) groups excluding carboxylic acids is 2. The van der Waals surface area contributed by atoms with Gasteiger partial charge in [-0.05, 0) is 70.7 Å². The third-order valence-corrected chi connectivity index (χ3v) is 7.78. The van der Waals surface area contributed by atoms with E-state index in [1.807, 2.05) is 78.9 Å². The largest absolute Gasteiger partial charge is 0.326 e. The third-order valence-electron chi connectivity index (χ3n) is 5.82. The van der Waals surface area contributed by atoms with Gasteiger partial charge in [-0.15, -0.1) is 11.8 Å². The molecule has 6 heteroatoms. The van der Waals surface area contributed by atoms with Crippen molar-refractivity contribution in [2.75, 3.05) is 10.6 Å². The van der Waals surface area contributed by atoms with Gasteiger partial charge in [-0.3, -0.25) is 9.59 Å². The normalized spacial score (nSPS) is 14.9. The van der Waals surface area contributed by atoms with Gasteiger partial charge in [-0.25, -0.2) is 0 Å². The standard InChI is InChI=1S/C27H27BrN2O2S/c28-23-13-7-8-14-24(23)30-27(32)25(19-9-3-1-4-10-19)33-22-17-15-21(16-18-22)29-26(31)20-11-5-2-6-12-20/h1,3-4,7-10,13-18,20,25H,2,5-6,11-12H2,(H,29,31)(H,30,32). The Balaban J connectivity index is 1.46. The van der Waals surface area contributed by atoms with Crippen molar-refractivity contribution in [1.29, 1.82) is 0 Å². The molecule has 0 aliphatic heterocycles. The Morgan fingerprint density at radius 3 is 2.18 bits per heavy atom. The Kier molecular flexibility index (Phi) is 8.24. The van der Waals surface area contributed by atoms with Crippen LogP contribution in [0.1, 0.15) is 42.9 Å². The molecule has 0 spiro atoms. The Morgan fingerprint density at radius 2 is 1.48 bits per heavy atom. The van der Waals surface area contributed by atoms with Crippen molar-refractivity contribution in [3.8, 4) is 0 Å². The van der Waals surface area contributed by atoms with E-state index in [0.717, 1.165) is 52.0 Å². The molecule has 3 aromatic rings. The first-order chi connectivity index (χ1) is 16.1. The third kappa shape index (κ3) is 6.49. The van der Waals surface area contributed by atoms with Crippen molar-refractivity contribution in [3.63, 3.8) is 0 Å². The Labute approximate surface area is 207 Å². The number of halogens is 1. The van der Waals surface area contributed by atoms with E-state index in [1.54, 1.807) is 0 Å². The summed E-state index contributed by atoms with van der Waals surface area (Å²) < 4.78 is 0.841.